The SMILES string of the molecule is CC(N)=NCCCC(N)C(=O)NCC(=O)NCC(=O)Oc1cc(C)c2c(c1)C[C@@H]1[C@@]3(C)CCCC(C)(C)[C@@H]3CC[C@@]21C. The number of esters is 1. The van der Waals surface area contributed by atoms with Crippen molar-refractivity contribution in [3.8, 4) is 5.75 Å². The Kier molecular flexibility index (Phi) is 9.40. The van der Waals surface area contributed by atoms with Gasteiger partial charge in [-0.25, -0.2) is 4.79 Å². The zero-order chi connectivity index (χ0) is 30.9. The highest BCUT2D eigenvalue weighted by molar-refractivity contribution is 5.89. The van der Waals surface area contributed by atoms with Crippen LogP contribution < -0.4 is 26.8 Å². The van der Waals surface area contributed by atoms with E-state index >= 15 is 0 Å². The third-order valence-corrected chi connectivity index (χ3v) is 10.6. The summed E-state index contributed by atoms with van der Waals surface area (Å²) < 4.78 is 5.68. The number of aryl methyl sites for hydroxylation is 1. The van der Waals surface area contributed by atoms with Crippen molar-refractivity contribution in [2.24, 2.45) is 39.1 Å². The topological polar surface area (TPSA) is 149 Å². The van der Waals surface area contributed by atoms with E-state index in [0.717, 1.165) is 12.3 Å². The van der Waals surface area contributed by atoms with Gasteiger partial charge in [0.05, 0.1) is 18.4 Å². The number of rotatable bonds is 10. The number of amides is 2. The second-order valence-corrected chi connectivity index (χ2v) is 14.1. The molecule has 2 saturated carbocycles. The van der Waals surface area contributed by atoms with Crippen molar-refractivity contribution < 1.29 is 19.1 Å². The van der Waals surface area contributed by atoms with Crippen molar-refractivity contribution in [2.75, 3.05) is 19.6 Å². The van der Waals surface area contributed by atoms with Gasteiger partial charge in [-0.05, 0) is 116 Å². The van der Waals surface area contributed by atoms with Crippen LogP contribution in [0.15, 0.2) is 17.1 Å². The third-order valence-electron chi connectivity index (χ3n) is 10.6. The first-order valence-corrected chi connectivity index (χ1v) is 15.6. The summed E-state index contributed by atoms with van der Waals surface area (Å²) in [6.07, 6.45) is 8.40. The van der Waals surface area contributed by atoms with E-state index in [-0.39, 0.29) is 18.5 Å². The summed E-state index contributed by atoms with van der Waals surface area (Å²) in [4.78, 5) is 41.1. The van der Waals surface area contributed by atoms with Crippen LogP contribution in [-0.2, 0) is 26.2 Å². The Hall–Kier alpha value is -2.94. The number of hydrogen-bond acceptors (Lipinski definition) is 6. The van der Waals surface area contributed by atoms with Gasteiger partial charge in [0.15, 0.2) is 0 Å². The molecule has 0 aromatic heterocycles. The van der Waals surface area contributed by atoms with Gasteiger partial charge in [0.1, 0.15) is 12.3 Å². The molecule has 9 nitrogen and oxygen atoms in total. The summed E-state index contributed by atoms with van der Waals surface area (Å²) in [5.74, 6) is 0.841. The summed E-state index contributed by atoms with van der Waals surface area (Å²) in [5, 5.41) is 5.03. The third kappa shape index (κ3) is 6.51. The quantitative estimate of drug-likeness (QED) is 0.109. The first kappa shape index (κ1) is 32.0. The lowest BCUT2D eigenvalue weighted by molar-refractivity contribution is -0.135. The average Bonchev–Trinajstić information content (AvgIpc) is 3.21. The van der Waals surface area contributed by atoms with Crippen molar-refractivity contribution >= 4 is 23.6 Å². The molecule has 9 heteroatoms. The summed E-state index contributed by atoms with van der Waals surface area (Å²) in [6.45, 7) is 13.7. The molecule has 0 radical (unpaired) electrons. The number of nitrogens with two attached hydrogens (primary N) is 2. The van der Waals surface area contributed by atoms with Crippen LogP contribution in [0.5, 0.6) is 5.75 Å². The predicted octanol–water partition coefficient (Wildman–Crippen LogP) is 3.67. The molecule has 1 unspecified atom stereocenters. The minimum absolute atomic E-state index is 0.138. The normalized spacial score (nSPS) is 28.6. The van der Waals surface area contributed by atoms with Crippen LogP contribution in [-0.4, -0.2) is 49.3 Å². The van der Waals surface area contributed by atoms with E-state index in [4.69, 9.17) is 16.2 Å². The highest BCUT2D eigenvalue weighted by atomic mass is 16.5. The first-order valence-electron chi connectivity index (χ1n) is 15.6. The van der Waals surface area contributed by atoms with Gasteiger partial charge in [-0.1, -0.05) is 34.1 Å². The number of aliphatic imine (C=N–C) groups is 1. The molecule has 2 fully saturated rings. The van der Waals surface area contributed by atoms with Crippen LogP contribution in [0.4, 0.5) is 0 Å². The number of nitrogens with zero attached hydrogens (tertiary/aromatic N) is 1. The molecule has 0 heterocycles. The van der Waals surface area contributed by atoms with Gasteiger partial charge in [-0.3, -0.25) is 14.6 Å². The maximum atomic E-state index is 12.6. The molecule has 0 saturated heterocycles. The van der Waals surface area contributed by atoms with Gasteiger partial charge in [0, 0.05) is 6.54 Å². The molecular formula is C33H51N5O4. The van der Waals surface area contributed by atoms with E-state index < -0.39 is 23.8 Å². The fourth-order valence-electron chi connectivity index (χ4n) is 8.89. The Bertz CT molecular complexity index is 1240. The number of benzene rings is 1. The second kappa shape index (κ2) is 12.3. The molecule has 232 valence electrons. The Labute approximate surface area is 251 Å². The van der Waals surface area contributed by atoms with E-state index in [1.807, 2.05) is 12.1 Å². The van der Waals surface area contributed by atoms with Crippen LogP contribution >= 0.6 is 0 Å². The number of carbonyl (C=O) groups excluding carboxylic acids is 3. The summed E-state index contributed by atoms with van der Waals surface area (Å²) in [5.41, 5.74) is 16.1. The zero-order valence-corrected chi connectivity index (χ0v) is 26.4. The fourth-order valence-corrected chi connectivity index (χ4v) is 8.89. The average molecular weight is 582 g/mol. The number of fused-ring (bicyclic) bond motifs is 5. The van der Waals surface area contributed by atoms with Crippen molar-refractivity contribution in [3.63, 3.8) is 0 Å². The highest BCUT2D eigenvalue weighted by Crippen LogP contribution is 2.67. The summed E-state index contributed by atoms with van der Waals surface area (Å²) in [7, 11) is 0. The van der Waals surface area contributed by atoms with E-state index in [1.54, 1.807) is 6.92 Å². The monoisotopic (exact) mass is 581 g/mol. The van der Waals surface area contributed by atoms with E-state index in [1.165, 1.54) is 48.8 Å². The molecule has 0 bridgehead atoms. The first-order chi connectivity index (χ1) is 19.7. The zero-order valence-electron chi connectivity index (χ0n) is 26.4. The molecule has 0 spiro atoms. The van der Waals surface area contributed by atoms with Crippen molar-refractivity contribution in [2.45, 2.75) is 104 Å². The van der Waals surface area contributed by atoms with Gasteiger partial charge in [-0.15, -0.1) is 0 Å². The van der Waals surface area contributed by atoms with E-state index in [0.29, 0.717) is 47.7 Å². The predicted molar refractivity (Wildman–Crippen MR) is 165 cm³/mol. The maximum absolute atomic E-state index is 12.6. The standard InChI is InChI=1S/C33H51N5O4/c1-20-15-23(42-28(40)19-37-27(39)18-38-30(41)24(35)9-7-14-36-21(2)34)16-22-17-26-32(5)12-8-11-31(3,4)25(32)10-13-33(26,6)29(20)22/h15-16,24-26H,7-14,17-19,35H2,1-6H3,(H2,34,36)(H,37,39)(H,38,41)/t24?,25-,26+,32-,33+/m0/s1. The molecule has 2 amide bonds. The van der Waals surface area contributed by atoms with Crippen molar-refractivity contribution in [1.29, 1.82) is 0 Å². The number of ether oxygens (including phenoxy) is 1. The molecule has 5 atom stereocenters. The number of amidine groups is 1. The Morgan fingerprint density at radius 1 is 1.07 bits per heavy atom. The van der Waals surface area contributed by atoms with Crippen LogP contribution in [0.3, 0.4) is 0 Å². The molecule has 0 aliphatic heterocycles. The van der Waals surface area contributed by atoms with Gasteiger partial charge >= 0.3 is 5.97 Å². The lowest BCUT2D eigenvalue weighted by Gasteiger charge is -2.61. The maximum Gasteiger partial charge on any atom is 0.330 e. The lowest BCUT2D eigenvalue weighted by Crippen LogP contribution is -2.55. The van der Waals surface area contributed by atoms with Gasteiger partial charge in [0.2, 0.25) is 11.8 Å². The highest BCUT2D eigenvalue weighted by Gasteiger charge is 2.61. The smallest absolute Gasteiger partial charge is 0.330 e. The van der Waals surface area contributed by atoms with Crippen molar-refractivity contribution in [1.82, 2.24) is 10.6 Å². The molecule has 1 aromatic carbocycles. The van der Waals surface area contributed by atoms with Crippen LogP contribution in [0.2, 0.25) is 0 Å². The minimum Gasteiger partial charge on any atom is -0.425 e. The van der Waals surface area contributed by atoms with Crippen LogP contribution in [0.25, 0.3) is 0 Å². The lowest BCUT2D eigenvalue weighted by atomic mass is 9.43. The minimum atomic E-state index is -0.747. The Morgan fingerprint density at radius 3 is 2.52 bits per heavy atom. The Morgan fingerprint density at radius 2 is 1.81 bits per heavy atom. The van der Waals surface area contributed by atoms with Gasteiger partial charge < -0.3 is 26.8 Å². The largest absolute Gasteiger partial charge is 0.425 e. The number of hydrogen-bond donors (Lipinski definition) is 4. The molecule has 4 rings (SSSR count). The molecular weight excluding hydrogens is 530 g/mol. The van der Waals surface area contributed by atoms with Crippen molar-refractivity contribution in [3.05, 3.63) is 28.8 Å². The number of carbonyl (C=O) groups is 3. The number of nitrogens with one attached hydrogen (secondary N) is 2. The van der Waals surface area contributed by atoms with Gasteiger partial charge in [0.25, 0.3) is 0 Å². The summed E-state index contributed by atoms with van der Waals surface area (Å²) in [6, 6.07) is 3.26. The molecule has 3 aliphatic rings. The second-order valence-electron chi connectivity index (χ2n) is 14.1. The molecule has 1 aromatic rings. The summed E-state index contributed by atoms with van der Waals surface area (Å²) >= 11 is 0. The van der Waals surface area contributed by atoms with E-state index in [2.05, 4.69) is 50.2 Å². The Balaban J connectivity index is 1.30. The molecule has 42 heavy (non-hydrogen) atoms. The molecule has 6 N–H and O–H groups in total. The van der Waals surface area contributed by atoms with E-state index in [9.17, 15) is 14.4 Å². The van der Waals surface area contributed by atoms with Crippen LogP contribution in [0.1, 0.15) is 96.3 Å². The fraction of sp³-hybridized carbons (Fsp3) is 0.697. The van der Waals surface area contributed by atoms with Crippen LogP contribution in [0, 0.1) is 29.6 Å². The molecule has 3 aliphatic carbocycles. The van der Waals surface area contributed by atoms with Gasteiger partial charge in [-0.2, -0.15) is 0 Å².